The smallest absolute Gasteiger partial charge is 0.250 e. The van der Waals surface area contributed by atoms with Crippen LogP contribution in [0.4, 0.5) is 0 Å². The van der Waals surface area contributed by atoms with Gasteiger partial charge in [0.15, 0.2) is 11.0 Å². The highest BCUT2D eigenvalue weighted by Gasteiger charge is 2.13. The molecule has 0 saturated heterocycles. The van der Waals surface area contributed by atoms with Gasteiger partial charge in [0.25, 0.3) is 5.91 Å². The summed E-state index contributed by atoms with van der Waals surface area (Å²) in [7, 11) is 1.86. The number of hydrogen-bond acceptors (Lipinski definition) is 5. The lowest BCUT2D eigenvalue weighted by molar-refractivity contribution is -0.118. The lowest BCUT2D eigenvalue weighted by Crippen LogP contribution is -2.20. The first-order valence-corrected chi connectivity index (χ1v) is 10.5. The van der Waals surface area contributed by atoms with Crippen LogP contribution in [0.15, 0.2) is 57.2 Å². The van der Waals surface area contributed by atoms with Gasteiger partial charge >= 0.3 is 0 Å². The molecular formula is C18H14BrCl2N5OS. The van der Waals surface area contributed by atoms with Crippen LogP contribution in [0.2, 0.25) is 10.0 Å². The zero-order valence-corrected chi connectivity index (χ0v) is 18.5. The van der Waals surface area contributed by atoms with Crippen LogP contribution < -0.4 is 5.43 Å². The van der Waals surface area contributed by atoms with Crippen molar-refractivity contribution in [3.8, 4) is 11.4 Å². The van der Waals surface area contributed by atoms with Crippen LogP contribution >= 0.6 is 50.9 Å². The first kappa shape index (κ1) is 20.9. The van der Waals surface area contributed by atoms with E-state index in [9.17, 15) is 4.79 Å². The van der Waals surface area contributed by atoms with E-state index in [0.29, 0.717) is 20.8 Å². The van der Waals surface area contributed by atoms with Gasteiger partial charge in [0, 0.05) is 27.7 Å². The summed E-state index contributed by atoms with van der Waals surface area (Å²) in [4.78, 5) is 12.0. The van der Waals surface area contributed by atoms with Crippen molar-refractivity contribution in [2.45, 2.75) is 5.16 Å². The van der Waals surface area contributed by atoms with Crippen molar-refractivity contribution < 1.29 is 4.79 Å². The summed E-state index contributed by atoms with van der Waals surface area (Å²) in [6, 6.07) is 12.8. The van der Waals surface area contributed by atoms with Crippen molar-refractivity contribution in [2.24, 2.45) is 12.1 Å². The molecule has 0 bridgehead atoms. The Labute approximate surface area is 184 Å². The lowest BCUT2D eigenvalue weighted by atomic mass is 10.2. The third kappa shape index (κ3) is 5.35. The summed E-state index contributed by atoms with van der Waals surface area (Å²) in [5.74, 6) is 0.605. The van der Waals surface area contributed by atoms with Crippen molar-refractivity contribution in [1.29, 1.82) is 0 Å². The molecule has 0 aliphatic rings. The predicted octanol–water partition coefficient (Wildman–Crippen LogP) is 4.79. The van der Waals surface area contributed by atoms with E-state index < -0.39 is 0 Å². The number of carbonyl (C=O) groups is 1. The van der Waals surface area contributed by atoms with Gasteiger partial charge in [-0.05, 0) is 24.3 Å². The van der Waals surface area contributed by atoms with E-state index >= 15 is 0 Å². The zero-order chi connectivity index (χ0) is 20.1. The Morgan fingerprint density at radius 3 is 2.86 bits per heavy atom. The molecule has 144 valence electrons. The van der Waals surface area contributed by atoms with Crippen LogP contribution in [-0.2, 0) is 11.8 Å². The number of amides is 1. The molecule has 1 aromatic heterocycles. The van der Waals surface area contributed by atoms with Gasteiger partial charge in [0.05, 0.1) is 17.0 Å². The average Bonchev–Trinajstić information content (AvgIpc) is 3.02. The molecule has 1 amide bonds. The standard InChI is InChI=1S/C18H14BrCl2N5OS/c1-26-17(11-3-2-4-13(19)7-11)24-25-18(26)28-10-16(27)23-22-9-12-5-6-14(20)8-15(12)21/h2-9H,10H2,1H3,(H,23,27). The minimum atomic E-state index is -0.265. The summed E-state index contributed by atoms with van der Waals surface area (Å²) < 4.78 is 2.80. The summed E-state index contributed by atoms with van der Waals surface area (Å²) in [6.45, 7) is 0. The van der Waals surface area contributed by atoms with Gasteiger partial charge in [-0.3, -0.25) is 4.79 Å². The number of halogens is 3. The monoisotopic (exact) mass is 497 g/mol. The molecule has 0 unspecified atom stereocenters. The highest BCUT2D eigenvalue weighted by molar-refractivity contribution is 9.10. The molecule has 6 nitrogen and oxygen atoms in total. The number of rotatable bonds is 6. The molecule has 0 fully saturated rings. The van der Waals surface area contributed by atoms with Crippen molar-refractivity contribution in [1.82, 2.24) is 20.2 Å². The third-order valence-electron chi connectivity index (χ3n) is 3.61. The lowest BCUT2D eigenvalue weighted by Gasteiger charge is -2.04. The van der Waals surface area contributed by atoms with E-state index in [4.69, 9.17) is 23.2 Å². The number of nitrogens with zero attached hydrogens (tertiary/aromatic N) is 4. The van der Waals surface area contributed by atoms with Crippen LogP contribution in [0.3, 0.4) is 0 Å². The van der Waals surface area contributed by atoms with Gasteiger partial charge in [0.2, 0.25) is 0 Å². The molecule has 3 aromatic rings. The van der Waals surface area contributed by atoms with Gasteiger partial charge < -0.3 is 4.57 Å². The molecule has 2 aromatic carbocycles. The Bertz CT molecular complexity index is 1040. The minimum absolute atomic E-state index is 0.149. The summed E-state index contributed by atoms with van der Waals surface area (Å²) >= 11 is 16.6. The van der Waals surface area contributed by atoms with Crippen molar-refractivity contribution >= 4 is 63.0 Å². The van der Waals surface area contributed by atoms with E-state index in [0.717, 1.165) is 15.9 Å². The first-order chi connectivity index (χ1) is 13.4. The summed E-state index contributed by atoms with van der Waals surface area (Å²) in [6.07, 6.45) is 1.47. The molecule has 0 radical (unpaired) electrons. The van der Waals surface area contributed by atoms with Crippen molar-refractivity contribution in [3.05, 3.63) is 62.5 Å². The molecule has 0 saturated carbocycles. The molecule has 0 spiro atoms. The Morgan fingerprint density at radius 1 is 1.29 bits per heavy atom. The highest BCUT2D eigenvalue weighted by atomic mass is 79.9. The molecule has 10 heteroatoms. The number of hydrazone groups is 1. The second-order valence-corrected chi connectivity index (χ2v) is 8.33. The van der Waals surface area contributed by atoms with Crippen molar-refractivity contribution in [3.63, 3.8) is 0 Å². The average molecular weight is 499 g/mol. The fourth-order valence-electron chi connectivity index (χ4n) is 2.26. The van der Waals surface area contributed by atoms with E-state index in [-0.39, 0.29) is 11.7 Å². The number of nitrogens with one attached hydrogen (secondary N) is 1. The largest absolute Gasteiger partial charge is 0.305 e. The van der Waals surface area contributed by atoms with Gasteiger partial charge in [-0.1, -0.05) is 69.1 Å². The molecule has 28 heavy (non-hydrogen) atoms. The number of hydrogen-bond donors (Lipinski definition) is 1. The van der Waals surface area contributed by atoms with Gasteiger partial charge in [0.1, 0.15) is 0 Å². The second kappa shape index (κ2) is 9.56. The maximum atomic E-state index is 12.0. The van der Waals surface area contributed by atoms with Gasteiger partial charge in [-0.2, -0.15) is 5.10 Å². The molecule has 3 rings (SSSR count). The third-order valence-corrected chi connectivity index (χ3v) is 5.68. The molecule has 1 N–H and O–H groups in total. The minimum Gasteiger partial charge on any atom is -0.305 e. The van der Waals surface area contributed by atoms with Gasteiger partial charge in [-0.25, -0.2) is 5.43 Å². The van der Waals surface area contributed by atoms with Crippen LogP contribution in [0.1, 0.15) is 5.56 Å². The number of aromatic nitrogens is 3. The summed E-state index contributed by atoms with van der Waals surface area (Å²) in [5, 5.41) is 13.9. The quantitative estimate of drug-likeness (QED) is 0.301. The van der Waals surface area contributed by atoms with Crippen LogP contribution in [0.25, 0.3) is 11.4 Å². The van der Waals surface area contributed by atoms with Crippen molar-refractivity contribution in [2.75, 3.05) is 5.75 Å². The normalized spacial score (nSPS) is 11.1. The number of thioether (sulfide) groups is 1. The Hall–Kier alpha value is -1.87. The SMILES string of the molecule is Cn1c(SCC(=O)NN=Cc2ccc(Cl)cc2Cl)nnc1-c1cccc(Br)c1. The molecule has 0 atom stereocenters. The Kier molecular flexibility index (Phi) is 7.12. The number of carbonyl (C=O) groups excluding carboxylic acids is 1. The maximum Gasteiger partial charge on any atom is 0.250 e. The van der Waals surface area contributed by atoms with E-state index in [1.165, 1.54) is 18.0 Å². The molecule has 1 heterocycles. The Morgan fingerprint density at radius 2 is 2.11 bits per heavy atom. The van der Waals surface area contributed by atoms with E-state index in [1.54, 1.807) is 18.2 Å². The zero-order valence-electron chi connectivity index (χ0n) is 14.6. The summed E-state index contributed by atoms with van der Waals surface area (Å²) in [5.41, 5.74) is 4.06. The van der Waals surface area contributed by atoms with Crippen LogP contribution in [0.5, 0.6) is 0 Å². The molecule has 0 aliphatic heterocycles. The Balaban J connectivity index is 1.57. The fourth-order valence-corrected chi connectivity index (χ4v) is 3.82. The topological polar surface area (TPSA) is 72.2 Å². The molecule has 0 aliphatic carbocycles. The molecular weight excluding hydrogens is 485 g/mol. The maximum absolute atomic E-state index is 12.0. The van der Waals surface area contributed by atoms with E-state index in [1.807, 2.05) is 35.9 Å². The van der Waals surface area contributed by atoms with Crippen LogP contribution in [0, 0.1) is 0 Å². The second-order valence-electron chi connectivity index (χ2n) is 5.62. The first-order valence-electron chi connectivity index (χ1n) is 7.99. The number of benzene rings is 2. The highest BCUT2D eigenvalue weighted by Crippen LogP contribution is 2.24. The fraction of sp³-hybridized carbons (Fsp3) is 0.111. The van der Waals surface area contributed by atoms with Gasteiger partial charge in [-0.15, -0.1) is 10.2 Å². The van der Waals surface area contributed by atoms with E-state index in [2.05, 4.69) is 36.7 Å². The van der Waals surface area contributed by atoms with Crippen LogP contribution in [-0.4, -0.2) is 32.6 Å². The predicted molar refractivity (Wildman–Crippen MR) is 117 cm³/mol.